The summed E-state index contributed by atoms with van der Waals surface area (Å²) in [5, 5.41) is 29.9. The van der Waals surface area contributed by atoms with Crippen LogP contribution in [0, 0.1) is 0 Å². The molecule has 1 aromatic heterocycles. The van der Waals surface area contributed by atoms with E-state index in [9.17, 15) is 19.9 Å². The molecule has 10 nitrogen and oxygen atoms in total. The molecule has 1 aliphatic rings. The van der Waals surface area contributed by atoms with E-state index in [0.717, 1.165) is 10.9 Å². The zero-order valence-electron chi connectivity index (χ0n) is 11.5. The standard InChI is InChI=1S/C11H18N3O7P/c1-5(12)7-10(17)14(4-13-7)11-9(16)8(15)6(21-11)2-3-22(18,19)20/h4,6,8-9,11,15-17H,1-3,12H2,(H2,18,19,20)/t6-,8-,9-,11-/m1/s1. The maximum Gasteiger partial charge on any atom is 0.325 e. The van der Waals surface area contributed by atoms with Crippen LogP contribution in [0.2, 0.25) is 0 Å². The third kappa shape index (κ3) is 3.32. The van der Waals surface area contributed by atoms with Gasteiger partial charge < -0.3 is 35.6 Å². The van der Waals surface area contributed by atoms with Crippen LogP contribution in [0.25, 0.3) is 5.70 Å². The minimum absolute atomic E-state index is 0.0161. The monoisotopic (exact) mass is 335 g/mol. The lowest BCUT2D eigenvalue weighted by Gasteiger charge is -2.17. The smallest absolute Gasteiger partial charge is 0.325 e. The fourth-order valence-corrected chi connectivity index (χ4v) is 2.85. The van der Waals surface area contributed by atoms with E-state index in [1.165, 1.54) is 0 Å². The Morgan fingerprint density at radius 3 is 2.59 bits per heavy atom. The van der Waals surface area contributed by atoms with E-state index in [1.807, 2.05) is 0 Å². The van der Waals surface area contributed by atoms with Crippen molar-refractivity contribution < 1.29 is 34.4 Å². The molecule has 22 heavy (non-hydrogen) atoms. The van der Waals surface area contributed by atoms with Crippen LogP contribution in [0.4, 0.5) is 0 Å². The zero-order valence-corrected chi connectivity index (χ0v) is 12.4. The molecule has 0 aromatic carbocycles. The van der Waals surface area contributed by atoms with Gasteiger partial charge in [0.1, 0.15) is 24.2 Å². The van der Waals surface area contributed by atoms with Crippen LogP contribution in [0.3, 0.4) is 0 Å². The number of aromatic hydroxyl groups is 1. The van der Waals surface area contributed by atoms with Crippen molar-refractivity contribution in [3.8, 4) is 5.88 Å². The van der Waals surface area contributed by atoms with Gasteiger partial charge in [-0.15, -0.1) is 0 Å². The number of rotatable bonds is 5. The summed E-state index contributed by atoms with van der Waals surface area (Å²) in [6, 6.07) is 0. The molecular weight excluding hydrogens is 317 g/mol. The molecule has 0 saturated carbocycles. The van der Waals surface area contributed by atoms with Gasteiger partial charge in [0.2, 0.25) is 5.88 Å². The van der Waals surface area contributed by atoms with E-state index in [2.05, 4.69) is 11.6 Å². The SMILES string of the molecule is C=C(N)c1ncn([C@@H]2O[C@H](CCP(=O)(O)O)[C@@H](O)[C@H]2O)c1O. The molecule has 1 aliphatic heterocycles. The molecule has 11 heteroatoms. The van der Waals surface area contributed by atoms with Crippen LogP contribution in [0.1, 0.15) is 18.3 Å². The van der Waals surface area contributed by atoms with E-state index in [4.69, 9.17) is 20.3 Å². The van der Waals surface area contributed by atoms with Crippen molar-refractivity contribution in [2.45, 2.75) is 31.0 Å². The molecule has 4 atom stereocenters. The zero-order chi connectivity index (χ0) is 16.7. The van der Waals surface area contributed by atoms with E-state index >= 15 is 0 Å². The van der Waals surface area contributed by atoms with Crippen molar-refractivity contribution in [1.82, 2.24) is 9.55 Å². The first-order valence-electron chi connectivity index (χ1n) is 6.38. The summed E-state index contributed by atoms with van der Waals surface area (Å²) in [5.41, 5.74) is 5.48. The quantitative estimate of drug-likeness (QED) is 0.358. The highest BCUT2D eigenvalue weighted by Crippen LogP contribution is 2.40. The van der Waals surface area contributed by atoms with Gasteiger partial charge in [0.15, 0.2) is 6.23 Å². The van der Waals surface area contributed by atoms with Gasteiger partial charge in [0.25, 0.3) is 0 Å². The van der Waals surface area contributed by atoms with Gasteiger partial charge in [-0.05, 0) is 6.42 Å². The molecule has 7 N–H and O–H groups in total. The summed E-state index contributed by atoms with van der Waals surface area (Å²) < 4.78 is 17.3. The van der Waals surface area contributed by atoms with Gasteiger partial charge in [0.05, 0.1) is 18.0 Å². The third-order valence-electron chi connectivity index (χ3n) is 3.39. The van der Waals surface area contributed by atoms with E-state index in [1.54, 1.807) is 0 Å². The summed E-state index contributed by atoms with van der Waals surface area (Å²) in [6.45, 7) is 3.43. The normalized spacial score (nSPS) is 28.9. The first kappa shape index (κ1) is 16.9. The molecule has 0 radical (unpaired) electrons. The number of nitrogens with zero attached hydrogens (tertiary/aromatic N) is 2. The molecule has 1 aromatic rings. The van der Waals surface area contributed by atoms with Gasteiger partial charge in [-0.2, -0.15) is 0 Å². The molecule has 2 rings (SSSR count). The molecule has 0 aliphatic carbocycles. The summed E-state index contributed by atoms with van der Waals surface area (Å²) in [6.07, 6.45) is -4.38. The van der Waals surface area contributed by atoms with Crippen molar-refractivity contribution in [2.75, 3.05) is 6.16 Å². The van der Waals surface area contributed by atoms with Crippen molar-refractivity contribution in [2.24, 2.45) is 5.73 Å². The summed E-state index contributed by atoms with van der Waals surface area (Å²) >= 11 is 0. The predicted molar refractivity (Wildman–Crippen MR) is 74.6 cm³/mol. The first-order valence-corrected chi connectivity index (χ1v) is 8.18. The summed E-state index contributed by atoms with van der Waals surface area (Å²) in [7, 11) is -4.24. The number of aromatic nitrogens is 2. The van der Waals surface area contributed by atoms with Crippen LogP contribution < -0.4 is 5.73 Å². The fraction of sp³-hybridized carbons (Fsp3) is 0.545. The molecule has 0 spiro atoms. The largest absolute Gasteiger partial charge is 0.493 e. The van der Waals surface area contributed by atoms with Gasteiger partial charge in [0, 0.05) is 0 Å². The molecular formula is C11H18N3O7P. The van der Waals surface area contributed by atoms with Crippen LogP contribution >= 0.6 is 7.60 Å². The molecule has 0 bridgehead atoms. The third-order valence-corrected chi connectivity index (χ3v) is 4.23. The van der Waals surface area contributed by atoms with Crippen LogP contribution in [-0.4, -0.2) is 59.1 Å². The second-order valence-electron chi connectivity index (χ2n) is 5.07. The molecule has 2 heterocycles. The minimum atomic E-state index is -4.24. The summed E-state index contributed by atoms with van der Waals surface area (Å²) in [5.74, 6) is -0.389. The number of imidazole rings is 1. The fourth-order valence-electron chi connectivity index (χ4n) is 2.26. The topological polar surface area (TPSA) is 171 Å². The number of hydrogen-bond donors (Lipinski definition) is 6. The lowest BCUT2D eigenvalue weighted by atomic mass is 10.1. The van der Waals surface area contributed by atoms with E-state index in [-0.39, 0.29) is 23.7 Å². The van der Waals surface area contributed by atoms with Gasteiger partial charge in [-0.3, -0.25) is 9.13 Å². The number of aliphatic hydroxyl groups excluding tert-OH is 2. The van der Waals surface area contributed by atoms with Crippen molar-refractivity contribution in [1.29, 1.82) is 0 Å². The van der Waals surface area contributed by atoms with Crippen LogP contribution in [-0.2, 0) is 9.30 Å². The highest BCUT2D eigenvalue weighted by molar-refractivity contribution is 7.51. The van der Waals surface area contributed by atoms with Gasteiger partial charge in [-0.25, -0.2) is 4.98 Å². The number of aliphatic hydroxyl groups is 2. The number of nitrogens with two attached hydrogens (primary N) is 1. The maximum absolute atomic E-state index is 10.9. The Morgan fingerprint density at radius 2 is 2.09 bits per heavy atom. The predicted octanol–water partition coefficient (Wildman–Crippen LogP) is -1.29. The Kier molecular flexibility index (Phi) is 4.62. The first-order chi connectivity index (χ1) is 10.1. The highest BCUT2D eigenvalue weighted by Gasteiger charge is 2.44. The average Bonchev–Trinajstić information content (AvgIpc) is 2.90. The lowest BCUT2D eigenvalue weighted by molar-refractivity contribution is -0.0409. The molecule has 0 amide bonds. The van der Waals surface area contributed by atoms with Gasteiger partial charge in [-0.1, -0.05) is 6.58 Å². The van der Waals surface area contributed by atoms with Gasteiger partial charge >= 0.3 is 7.60 Å². The maximum atomic E-state index is 10.9. The second-order valence-corrected chi connectivity index (χ2v) is 6.85. The minimum Gasteiger partial charge on any atom is -0.493 e. The molecule has 1 fully saturated rings. The van der Waals surface area contributed by atoms with E-state index < -0.39 is 38.3 Å². The molecule has 1 saturated heterocycles. The van der Waals surface area contributed by atoms with E-state index in [0.29, 0.717) is 0 Å². The Labute approximate surface area is 125 Å². The summed E-state index contributed by atoms with van der Waals surface area (Å²) in [4.78, 5) is 21.5. The average molecular weight is 335 g/mol. The Hall–Kier alpha value is -1.42. The van der Waals surface area contributed by atoms with Crippen molar-refractivity contribution in [3.05, 3.63) is 18.6 Å². The lowest BCUT2D eigenvalue weighted by Crippen LogP contribution is -2.31. The Balaban J connectivity index is 2.16. The van der Waals surface area contributed by atoms with Crippen molar-refractivity contribution in [3.63, 3.8) is 0 Å². The van der Waals surface area contributed by atoms with Crippen LogP contribution in [0.15, 0.2) is 12.9 Å². The Bertz CT molecular complexity index is 613. The molecule has 124 valence electrons. The number of hydrogen-bond acceptors (Lipinski definition) is 7. The van der Waals surface area contributed by atoms with Crippen molar-refractivity contribution >= 4 is 13.3 Å². The molecule has 0 unspecified atom stereocenters. The number of ether oxygens (including phenoxy) is 1. The Morgan fingerprint density at radius 1 is 1.45 bits per heavy atom. The van der Waals surface area contributed by atoms with Crippen LogP contribution in [0.5, 0.6) is 5.88 Å². The highest BCUT2D eigenvalue weighted by atomic mass is 31.2. The second kappa shape index (κ2) is 5.99.